The summed E-state index contributed by atoms with van der Waals surface area (Å²) in [7, 11) is 0. The van der Waals surface area contributed by atoms with Crippen molar-refractivity contribution < 1.29 is 29.0 Å². The lowest BCUT2D eigenvalue weighted by Crippen LogP contribution is -2.41. The molecule has 0 bridgehead atoms. The molecule has 1 aliphatic rings. The number of alkyl carbamates (subject to hydrolysis) is 1. The van der Waals surface area contributed by atoms with Crippen LogP contribution >= 0.6 is 0 Å². The quantitative estimate of drug-likeness (QED) is 0.482. The maximum absolute atomic E-state index is 13.2. The average Bonchev–Trinajstić information content (AvgIpc) is 2.78. The first-order valence-corrected chi connectivity index (χ1v) is 11.9. The number of carboxylic acid groups (broad SMARTS) is 1. The summed E-state index contributed by atoms with van der Waals surface area (Å²) in [5, 5.41) is 12.0. The van der Waals surface area contributed by atoms with Crippen LogP contribution in [0.4, 0.5) is 10.5 Å². The fourth-order valence-corrected chi connectivity index (χ4v) is 3.97. The molecule has 8 nitrogen and oxygen atoms in total. The summed E-state index contributed by atoms with van der Waals surface area (Å²) in [6.45, 7) is 6.78. The average molecular weight is 483 g/mol. The van der Waals surface area contributed by atoms with Gasteiger partial charge in [0, 0.05) is 12.6 Å². The molecule has 0 aliphatic carbocycles. The Bertz CT molecular complexity index is 1030. The van der Waals surface area contributed by atoms with Crippen molar-refractivity contribution >= 4 is 23.7 Å². The van der Waals surface area contributed by atoms with Crippen LogP contribution in [0.1, 0.15) is 51.2 Å². The third-order valence-corrected chi connectivity index (χ3v) is 5.54. The summed E-state index contributed by atoms with van der Waals surface area (Å²) in [6.07, 6.45) is 1.24. The minimum Gasteiger partial charge on any atom is -0.494 e. The van der Waals surface area contributed by atoms with Crippen molar-refractivity contribution in [1.29, 1.82) is 0 Å². The lowest BCUT2D eigenvalue weighted by Gasteiger charge is -2.34. The van der Waals surface area contributed by atoms with Crippen LogP contribution < -0.4 is 15.0 Å². The third-order valence-electron chi connectivity index (χ3n) is 5.54. The molecule has 35 heavy (non-hydrogen) atoms. The van der Waals surface area contributed by atoms with E-state index in [-0.39, 0.29) is 12.3 Å². The lowest BCUT2D eigenvalue weighted by atomic mass is 9.89. The zero-order chi connectivity index (χ0) is 25.4. The van der Waals surface area contributed by atoms with E-state index in [0.717, 1.165) is 29.7 Å². The van der Waals surface area contributed by atoms with Crippen LogP contribution in [0.2, 0.25) is 0 Å². The van der Waals surface area contributed by atoms with Crippen molar-refractivity contribution in [3.8, 4) is 5.75 Å². The molecule has 0 radical (unpaired) electrons. The summed E-state index contributed by atoms with van der Waals surface area (Å²) < 4.78 is 11.1. The molecule has 188 valence electrons. The van der Waals surface area contributed by atoms with Gasteiger partial charge in [-0.1, -0.05) is 36.4 Å². The second-order valence-corrected chi connectivity index (χ2v) is 9.68. The summed E-state index contributed by atoms with van der Waals surface area (Å²) >= 11 is 0. The molecule has 2 amide bonds. The van der Waals surface area contributed by atoms with Gasteiger partial charge in [0.25, 0.3) is 0 Å². The molecule has 0 aromatic heterocycles. The highest BCUT2D eigenvalue weighted by Gasteiger charge is 2.34. The van der Waals surface area contributed by atoms with Gasteiger partial charge in [0.2, 0.25) is 5.91 Å². The second-order valence-electron chi connectivity index (χ2n) is 9.68. The number of ether oxygens (including phenoxy) is 2. The van der Waals surface area contributed by atoms with E-state index in [1.807, 2.05) is 69.3 Å². The van der Waals surface area contributed by atoms with Crippen LogP contribution in [-0.4, -0.2) is 41.8 Å². The molecule has 2 aromatic rings. The van der Waals surface area contributed by atoms with Crippen LogP contribution in [-0.2, 0) is 27.3 Å². The molecule has 0 fully saturated rings. The standard InChI is InChI=1S/C27H34N2O6/c1-27(2,3)35-26(33)28-13-7-8-14-34-22-12-11-20-15-21(16-24(30)31)25(32)29(23(20)17-22)18-19-9-5-4-6-10-19/h4-6,9-12,17,21H,7-8,13-16,18H2,1-3H3,(H,28,33)(H,30,31). The van der Waals surface area contributed by atoms with Crippen molar-refractivity contribution in [2.24, 2.45) is 5.92 Å². The Balaban J connectivity index is 1.61. The van der Waals surface area contributed by atoms with Gasteiger partial charge >= 0.3 is 12.1 Å². The number of hydrogen-bond acceptors (Lipinski definition) is 5. The fourth-order valence-electron chi connectivity index (χ4n) is 3.97. The van der Waals surface area contributed by atoms with Gasteiger partial charge in [0.15, 0.2) is 0 Å². The number of benzene rings is 2. The zero-order valence-electron chi connectivity index (χ0n) is 20.6. The number of amides is 2. The van der Waals surface area contributed by atoms with E-state index < -0.39 is 23.6 Å². The Morgan fingerprint density at radius 2 is 1.86 bits per heavy atom. The van der Waals surface area contributed by atoms with Crippen LogP contribution in [0.15, 0.2) is 48.5 Å². The van der Waals surface area contributed by atoms with Crippen LogP contribution in [0.3, 0.4) is 0 Å². The highest BCUT2D eigenvalue weighted by molar-refractivity contribution is 5.99. The number of hydrogen-bond donors (Lipinski definition) is 2. The molecule has 1 atom stereocenters. The maximum Gasteiger partial charge on any atom is 0.407 e. The minimum atomic E-state index is -0.979. The molecule has 0 saturated heterocycles. The topological polar surface area (TPSA) is 105 Å². The monoisotopic (exact) mass is 482 g/mol. The van der Waals surface area contributed by atoms with Gasteiger partial charge in [-0.3, -0.25) is 9.59 Å². The molecule has 1 aliphatic heterocycles. The molecule has 1 unspecified atom stereocenters. The Labute approximate surface area is 206 Å². The van der Waals surface area contributed by atoms with Gasteiger partial charge in [0.05, 0.1) is 31.2 Å². The first-order valence-electron chi connectivity index (χ1n) is 11.9. The van der Waals surface area contributed by atoms with E-state index in [1.165, 1.54) is 0 Å². The fraction of sp³-hybridized carbons (Fsp3) is 0.444. The van der Waals surface area contributed by atoms with Crippen molar-refractivity contribution in [1.82, 2.24) is 5.32 Å². The van der Waals surface area contributed by atoms with Crippen molar-refractivity contribution in [2.45, 2.75) is 58.6 Å². The number of carboxylic acids is 1. The summed E-state index contributed by atoms with van der Waals surface area (Å²) in [6, 6.07) is 15.2. The normalized spacial score (nSPS) is 15.3. The molecular weight excluding hydrogens is 448 g/mol. The molecular formula is C27H34N2O6. The zero-order valence-corrected chi connectivity index (χ0v) is 20.6. The number of aliphatic carboxylic acids is 1. The number of fused-ring (bicyclic) bond motifs is 1. The first-order chi connectivity index (χ1) is 16.6. The first kappa shape index (κ1) is 26.1. The van der Waals surface area contributed by atoms with E-state index in [2.05, 4.69) is 5.32 Å². The predicted octanol–water partition coefficient (Wildman–Crippen LogP) is 4.55. The Morgan fingerprint density at radius 3 is 2.54 bits per heavy atom. The largest absolute Gasteiger partial charge is 0.494 e. The van der Waals surface area contributed by atoms with Gasteiger partial charge in [-0.25, -0.2) is 4.79 Å². The number of nitrogens with zero attached hydrogens (tertiary/aromatic N) is 1. The molecule has 0 spiro atoms. The van der Waals surface area contributed by atoms with Crippen molar-refractivity contribution in [2.75, 3.05) is 18.1 Å². The van der Waals surface area contributed by atoms with Crippen molar-refractivity contribution in [3.63, 3.8) is 0 Å². The minimum absolute atomic E-state index is 0.186. The smallest absolute Gasteiger partial charge is 0.407 e. The number of anilines is 1. The molecule has 2 N–H and O–H groups in total. The highest BCUT2D eigenvalue weighted by Crippen LogP contribution is 2.36. The second kappa shape index (κ2) is 11.7. The van der Waals surface area contributed by atoms with Gasteiger partial charge in [-0.15, -0.1) is 0 Å². The van der Waals surface area contributed by atoms with Gasteiger partial charge in [-0.05, 0) is 57.2 Å². The highest BCUT2D eigenvalue weighted by atomic mass is 16.6. The lowest BCUT2D eigenvalue weighted by molar-refractivity contribution is -0.140. The molecule has 3 rings (SSSR count). The molecule has 8 heteroatoms. The number of carbonyl (C=O) groups excluding carboxylic acids is 2. The van der Waals surface area contributed by atoms with E-state index in [0.29, 0.717) is 31.9 Å². The van der Waals surface area contributed by atoms with Crippen LogP contribution in [0.5, 0.6) is 5.75 Å². The van der Waals surface area contributed by atoms with Gasteiger partial charge in [-0.2, -0.15) is 0 Å². The number of unbranched alkanes of at least 4 members (excludes halogenated alkanes) is 1. The molecule has 2 aromatic carbocycles. The van der Waals surface area contributed by atoms with E-state index in [9.17, 15) is 19.5 Å². The molecule has 1 heterocycles. The Kier molecular flexibility index (Phi) is 8.73. The Hall–Kier alpha value is -3.55. The number of nitrogens with one attached hydrogen (secondary N) is 1. The van der Waals surface area contributed by atoms with E-state index >= 15 is 0 Å². The SMILES string of the molecule is CC(C)(C)OC(=O)NCCCCOc1ccc2c(c1)N(Cc1ccccc1)C(=O)C(CC(=O)O)C2. The third kappa shape index (κ3) is 8.02. The Morgan fingerprint density at radius 1 is 1.11 bits per heavy atom. The van der Waals surface area contributed by atoms with Crippen molar-refractivity contribution in [3.05, 3.63) is 59.7 Å². The number of rotatable bonds is 10. The summed E-state index contributed by atoms with van der Waals surface area (Å²) in [5.74, 6) is -1.11. The van der Waals surface area contributed by atoms with E-state index in [1.54, 1.807) is 4.90 Å². The van der Waals surface area contributed by atoms with Crippen LogP contribution in [0.25, 0.3) is 0 Å². The van der Waals surface area contributed by atoms with Gasteiger partial charge < -0.3 is 24.8 Å². The summed E-state index contributed by atoms with van der Waals surface area (Å²) in [4.78, 5) is 37.9. The van der Waals surface area contributed by atoms with Gasteiger partial charge in [0.1, 0.15) is 11.4 Å². The summed E-state index contributed by atoms with van der Waals surface area (Å²) in [5.41, 5.74) is 2.13. The number of carbonyl (C=O) groups is 3. The maximum atomic E-state index is 13.2. The molecule has 0 saturated carbocycles. The predicted molar refractivity (Wildman–Crippen MR) is 132 cm³/mol. The van der Waals surface area contributed by atoms with Crippen LogP contribution in [0, 0.1) is 5.92 Å². The van der Waals surface area contributed by atoms with E-state index in [4.69, 9.17) is 9.47 Å².